The van der Waals surface area contributed by atoms with E-state index in [9.17, 15) is 4.79 Å². The minimum absolute atomic E-state index is 0.110. The minimum Gasteiger partial charge on any atom is -0.355 e. The predicted molar refractivity (Wildman–Crippen MR) is 77.4 cm³/mol. The Kier molecular flexibility index (Phi) is 5.81. The smallest absolute Gasteiger partial charge is 0.237 e. The third-order valence-electron chi connectivity index (χ3n) is 4.27. The average molecular weight is 284 g/mol. The molecule has 1 spiro atoms. The number of ether oxygens (including phenoxy) is 2. The lowest BCUT2D eigenvalue weighted by atomic mass is 10.0. The summed E-state index contributed by atoms with van der Waals surface area (Å²) < 4.78 is 11.5. The van der Waals surface area contributed by atoms with Gasteiger partial charge in [-0.15, -0.1) is 0 Å². The first-order valence-electron chi connectivity index (χ1n) is 7.96. The summed E-state index contributed by atoms with van der Waals surface area (Å²) in [5.74, 6) is -0.328. The highest BCUT2D eigenvalue weighted by Crippen LogP contribution is 2.30. The van der Waals surface area contributed by atoms with Gasteiger partial charge in [-0.3, -0.25) is 9.69 Å². The zero-order valence-electron chi connectivity index (χ0n) is 12.8. The van der Waals surface area contributed by atoms with Gasteiger partial charge in [-0.25, -0.2) is 0 Å². The van der Waals surface area contributed by atoms with E-state index in [1.807, 2.05) is 6.92 Å². The van der Waals surface area contributed by atoms with E-state index in [2.05, 4.69) is 17.1 Å². The maximum absolute atomic E-state index is 12.2. The Morgan fingerprint density at radius 1 is 1.35 bits per heavy atom. The third-order valence-corrected chi connectivity index (χ3v) is 4.27. The van der Waals surface area contributed by atoms with Crippen LogP contribution in [0.15, 0.2) is 0 Å². The molecule has 2 aliphatic heterocycles. The molecule has 2 fully saturated rings. The average Bonchev–Trinajstić information content (AvgIpc) is 2.90. The van der Waals surface area contributed by atoms with E-state index in [1.165, 1.54) is 12.8 Å². The highest BCUT2D eigenvalue weighted by molar-refractivity contribution is 5.81. The van der Waals surface area contributed by atoms with E-state index >= 15 is 0 Å². The van der Waals surface area contributed by atoms with Crippen LogP contribution in [0.2, 0.25) is 0 Å². The molecule has 0 aromatic rings. The fourth-order valence-electron chi connectivity index (χ4n) is 2.98. The Morgan fingerprint density at radius 3 is 2.80 bits per heavy atom. The van der Waals surface area contributed by atoms with Gasteiger partial charge >= 0.3 is 0 Å². The van der Waals surface area contributed by atoms with Gasteiger partial charge in [0.05, 0.1) is 25.8 Å². The maximum atomic E-state index is 12.2. The van der Waals surface area contributed by atoms with Crippen molar-refractivity contribution in [2.45, 2.75) is 57.8 Å². The van der Waals surface area contributed by atoms with E-state index in [-0.39, 0.29) is 11.9 Å². The fraction of sp³-hybridized carbons (Fsp3) is 0.933. The molecule has 2 heterocycles. The molecule has 20 heavy (non-hydrogen) atoms. The summed E-state index contributed by atoms with van der Waals surface area (Å²) in [4.78, 5) is 14.4. The van der Waals surface area contributed by atoms with Gasteiger partial charge in [-0.2, -0.15) is 0 Å². The van der Waals surface area contributed by atoms with E-state index < -0.39 is 5.79 Å². The molecular formula is C15H28N2O3. The molecule has 5 heteroatoms. The molecule has 116 valence electrons. The monoisotopic (exact) mass is 284 g/mol. The third kappa shape index (κ3) is 3.93. The Balaban J connectivity index is 1.78. The van der Waals surface area contributed by atoms with Crippen molar-refractivity contribution in [1.82, 2.24) is 10.2 Å². The van der Waals surface area contributed by atoms with E-state index in [1.54, 1.807) is 0 Å². The van der Waals surface area contributed by atoms with Crippen LogP contribution in [-0.2, 0) is 14.3 Å². The van der Waals surface area contributed by atoms with Crippen molar-refractivity contribution in [1.29, 1.82) is 0 Å². The Morgan fingerprint density at radius 2 is 2.10 bits per heavy atom. The number of rotatable bonds is 6. The van der Waals surface area contributed by atoms with Crippen LogP contribution in [0.25, 0.3) is 0 Å². The van der Waals surface area contributed by atoms with Crippen LogP contribution in [0.1, 0.15) is 46.0 Å². The standard InChI is InChI=1S/C15H28N2O3/c1-3-4-5-8-16-14(18)13(2)17-9-6-7-15(12-17)19-10-11-20-15/h13H,3-12H2,1-2H3,(H,16,18). The van der Waals surface area contributed by atoms with E-state index in [4.69, 9.17) is 9.47 Å². The molecule has 0 aliphatic carbocycles. The topological polar surface area (TPSA) is 50.8 Å². The first kappa shape index (κ1) is 15.7. The molecule has 2 saturated heterocycles. The van der Waals surface area contributed by atoms with Crippen molar-refractivity contribution in [3.05, 3.63) is 0 Å². The number of nitrogens with one attached hydrogen (secondary N) is 1. The van der Waals surface area contributed by atoms with Crippen molar-refractivity contribution in [2.24, 2.45) is 0 Å². The lowest BCUT2D eigenvalue weighted by molar-refractivity contribution is -0.193. The van der Waals surface area contributed by atoms with Crippen LogP contribution < -0.4 is 5.32 Å². The molecule has 1 atom stereocenters. The van der Waals surface area contributed by atoms with Crippen molar-refractivity contribution in [3.63, 3.8) is 0 Å². The molecule has 0 bridgehead atoms. The molecule has 2 rings (SSSR count). The van der Waals surface area contributed by atoms with Crippen molar-refractivity contribution < 1.29 is 14.3 Å². The number of likely N-dealkylation sites (tertiary alicyclic amines) is 1. The molecule has 1 amide bonds. The van der Waals surface area contributed by atoms with Crippen molar-refractivity contribution in [3.8, 4) is 0 Å². The predicted octanol–water partition coefficient (Wildman–Crippen LogP) is 1.52. The van der Waals surface area contributed by atoms with E-state index in [0.717, 1.165) is 32.4 Å². The number of hydrogen-bond acceptors (Lipinski definition) is 4. The van der Waals surface area contributed by atoms with Gasteiger partial charge in [-0.1, -0.05) is 19.8 Å². The number of unbranched alkanes of at least 4 members (excludes halogenated alkanes) is 2. The second-order valence-corrected chi connectivity index (χ2v) is 5.86. The van der Waals surface area contributed by atoms with Crippen molar-refractivity contribution in [2.75, 3.05) is 32.8 Å². The number of nitrogens with zero attached hydrogens (tertiary/aromatic N) is 1. The molecule has 0 radical (unpaired) electrons. The highest BCUT2D eigenvalue weighted by Gasteiger charge is 2.42. The second kappa shape index (κ2) is 7.38. The summed E-state index contributed by atoms with van der Waals surface area (Å²) >= 11 is 0. The van der Waals surface area contributed by atoms with Crippen molar-refractivity contribution >= 4 is 5.91 Å². The lowest BCUT2D eigenvalue weighted by Crippen LogP contribution is -2.55. The number of carbonyl (C=O) groups is 1. The molecule has 0 saturated carbocycles. The molecule has 5 nitrogen and oxygen atoms in total. The molecule has 0 aromatic heterocycles. The largest absolute Gasteiger partial charge is 0.355 e. The summed E-state index contributed by atoms with van der Waals surface area (Å²) in [6.45, 7) is 7.91. The molecule has 1 unspecified atom stereocenters. The van der Waals surface area contributed by atoms with Gasteiger partial charge in [0, 0.05) is 13.0 Å². The summed E-state index contributed by atoms with van der Waals surface area (Å²) in [6.07, 6.45) is 5.37. The van der Waals surface area contributed by atoms with Crippen LogP contribution >= 0.6 is 0 Å². The van der Waals surface area contributed by atoms with Gasteiger partial charge in [0.2, 0.25) is 5.91 Å². The molecule has 1 N–H and O–H groups in total. The lowest BCUT2D eigenvalue weighted by Gasteiger charge is -2.40. The minimum atomic E-state index is -0.449. The highest BCUT2D eigenvalue weighted by atomic mass is 16.7. The van der Waals surface area contributed by atoms with Crippen LogP contribution in [0, 0.1) is 0 Å². The quantitative estimate of drug-likeness (QED) is 0.751. The molecule has 0 aromatic carbocycles. The SMILES string of the molecule is CCCCCNC(=O)C(C)N1CCCC2(C1)OCCO2. The summed E-state index contributed by atoms with van der Waals surface area (Å²) in [5.41, 5.74) is 0. The van der Waals surface area contributed by atoms with Gasteiger partial charge in [0.15, 0.2) is 5.79 Å². The molecule has 2 aliphatic rings. The van der Waals surface area contributed by atoms with Gasteiger partial charge in [-0.05, 0) is 26.3 Å². The zero-order valence-corrected chi connectivity index (χ0v) is 12.8. The first-order chi connectivity index (χ1) is 9.67. The Bertz CT molecular complexity index is 316. The van der Waals surface area contributed by atoms with Gasteiger partial charge in [0.25, 0.3) is 0 Å². The van der Waals surface area contributed by atoms with E-state index in [0.29, 0.717) is 19.8 Å². The van der Waals surface area contributed by atoms with Gasteiger partial charge in [0.1, 0.15) is 0 Å². The number of piperidine rings is 1. The first-order valence-corrected chi connectivity index (χ1v) is 7.96. The number of carbonyl (C=O) groups excluding carboxylic acids is 1. The Labute approximate surface area is 122 Å². The zero-order chi connectivity index (χ0) is 14.4. The van der Waals surface area contributed by atoms with Gasteiger partial charge < -0.3 is 14.8 Å². The van der Waals surface area contributed by atoms with Crippen LogP contribution in [0.3, 0.4) is 0 Å². The van der Waals surface area contributed by atoms with Crippen LogP contribution in [0.4, 0.5) is 0 Å². The summed E-state index contributed by atoms with van der Waals surface area (Å²) in [6, 6.07) is -0.110. The second-order valence-electron chi connectivity index (χ2n) is 5.86. The molecular weight excluding hydrogens is 256 g/mol. The Hall–Kier alpha value is -0.650. The fourth-order valence-corrected chi connectivity index (χ4v) is 2.98. The van der Waals surface area contributed by atoms with Crippen LogP contribution in [-0.4, -0.2) is 55.5 Å². The summed E-state index contributed by atoms with van der Waals surface area (Å²) in [5, 5.41) is 3.03. The number of amides is 1. The number of hydrogen-bond donors (Lipinski definition) is 1. The van der Waals surface area contributed by atoms with Crippen LogP contribution in [0.5, 0.6) is 0 Å². The normalized spacial score (nSPS) is 23.9. The maximum Gasteiger partial charge on any atom is 0.237 e. The summed E-state index contributed by atoms with van der Waals surface area (Å²) in [7, 11) is 0.